The zero-order valence-electron chi connectivity index (χ0n) is 13.4. The number of nitrogens with zero attached hydrogens (tertiary/aromatic N) is 2. The molecule has 3 rings (SSSR count). The average molecular weight is 358 g/mol. The van der Waals surface area contributed by atoms with Gasteiger partial charge >= 0.3 is 0 Å². The number of rotatable bonds is 5. The fraction of sp³-hybridized carbons (Fsp3) is 0.235. The number of aromatic nitrogens is 2. The lowest BCUT2D eigenvalue weighted by Crippen LogP contribution is -2.23. The van der Waals surface area contributed by atoms with Crippen molar-refractivity contribution in [1.82, 2.24) is 9.97 Å². The first-order chi connectivity index (χ1) is 12.0. The van der Waals surface area contributed by atoms with Crippen molar-refractivity contribution in [1.29, 1.82) is 0 Å². The highest BCUT2D eigenvalue weighted by atomic mass is 32.2. The molecule has 1 atom stereocenters. The van der Waals surface area contributed by atoms with E-state index in [1.165, 1.54) is 24.5 Å². The van der Waals surface area contributed by atoms with Gasteiger partial charge in [-0.25, -0.2) is 23.1 Å². The summed E-state index contributed by atoms with van der Waals surface area (Å²) >= 11 is 0. The number of hydrogen-bond acceptors (Lipinski definition) is 5. The number of sulfonamides is 1. The van der Waals surface area contributed by atoms with Gasteiger partial charge in [0, 0.05) is 24.0 Å². The van der Waals surface area contributed by atoms with Crippen LogP contribution in [0.25, 0.3) is 0 Å². The Kier molecular flexibility index (Phi) is 5.08. The third-order valence-corrected chi connectivity index (χ3v) is 5.21. The number of allylic oxidation sites excluding steroid dienone is 2. The Morgan fingerprint density at radius 2 is 1.80 bits per heavy atom. The molecule has 8 heteroatoms. The van der Waals surface area contributed by atoms with Crippen LogP contribution in [0, 0.1) is 5.92 Å². The fourth-order valence-corrected chi connectivity index (χ4v) is 3.48. The summed E-state index contributed by atoms with van der Waals surface area (Å²) in [6, 6.07) is 7.59. The molecule has 0 saturated heterocycles. The molecule has 0 spiro atoms. The molecular weight excluding hydrogens is 340 g/mol. The van der Waals surface area contributed by atoms with Gasteiger partial charge in [0.05, 0.1) is 4.90 Å². The molecule has 1 aromatic heterocycles. The van der Waals surface area contributed by atoms with Crippen LogP contribution in [0.4, 0.5) is 11.6 Å². The van der Waals surface area contributed by atoms with Gasteiger partial charge in [0.2, 0.25) is 11.9 Å². The predicted molar refractivity (Wildman–Crippen MR) is 94.4 cm³/mol. The maximum absolute atomic E-state index is 12.3. The lowest BCUT2D eigenvalue weighted by atomic mass is 9.93. The molecule has 2 N–H and O–H groups in total. The quantitative estimate of drug-likeness (QED) is 0.800. The fourth-order valence-electron chi connectivity index (χ4n) is 2.52. The Hall–Kier alpha value is -2.74. The summed E-state index contributed by atoms with van der Waals surface area (Å²) in [7, 11) is -3.78. The second kappa shape index (κ2) is 7.43. The van der Waals surface area contributed by atoms with E-state index in [-0.39, 0.29) is 22.7 Å². The molecular formula is C17H18N4O3S. The standard InChI is InChI=1S/C17H18N4O3S/c22-16(13-5-2-1-3-6-13)20-14-7-9-15(10-8-14)25(23,24)21-17-18-11-4-12-19-17/h1-2,4,7-13H,3,5-6H2,(H,20,22)(H,18,19,21). The highest BCUT2D eigenvalue weighted by Crippen LogP contribution is 2.21. The number of carbonyl (C=O) groups is 1. The molecule has 0 radical (unpaired) electrons. The molecule has 25 heavy (non-hydrogen) atoms. The lowest BCUT2D eigenvalue weighted by Gasteiger charge is -2.17. The van der Waals surface area contributed by atoms with Crippen LogP contribution in [0.2, 0.25) is 0 Å². The molecule has 1 amide bonds. The van der Waals surface area contributed by atoms with Crippen molar-refractivity contribution in [2.45, 2.75) is 24.2 Å². The predicted octanol–water partition coefficient (Wildman–Crippen LogP) is 2.57. The third kappa shape index (κ3) is 4.42. The van der Waals surface area contributed by atoms with Crippen LogP contribution >= 0.6 is 0 Å². The Labute approximate surface area is 146 Å². The summed E-state index contributed by atoms with van der Waals surface area (Å²) < 4.78 is 26.9. The van der Waals surface area contributed by atoms with Crippen LogP contribution in [0.5, 0.6) is 0 Å². The summed E-state index contributed by atoms with van der Waals surface area (Å²) in [5.41, 5.74) is 0.564. The van der Waals surface area contributed by atoms with Crippen molar-refractivity contribution >= 4 is 27.6 Å². The first-order valence-corrected chi connectivity index (χ1v) is 9.39. The van der Waals surface area contributed by atoms with E-state index in [9.17, 15) is 13.2 Å². The summed E-state index contributed by atoms with van der Waals surface area (Å²) in [5, 5.41) is 2.83. The van der Waals surface area contributed by atoms with Crippen LogP contribution in [0.1, 0.15) is 19.3 Å². The molecule has 1 aromatic carbocycles. The molecule has 1 aliphatic carbocycles. The van der Waals surface area contributed by atoms with E-state index in [4.69, 9.17) is 0 Å². The van der Waals surface area contributed by atoms with E-state index >= 15 is 0 Å². The molecule has 1 aliphatic rings. The zero-order chi connectivity index (χ0) is 17.7. The second-order valence-electron chi connectivity index (χ2n) is 5.67. The van der Waals surface area contributed by atoms with E-state index in [0.717, 1.165) is 19.3 Å². The number of hydrogen-bond donors (Lipinski definition) is 2. The summed E-state index contributed by atoms with van der Waals surface area (Å²) in [6.45, 7) is 0. The molecule has 0 bridgehead atoms. The molecule has 0 aliphatic heterocycles. The Morgan fingerprint density at radius 3 is 2.44 bits per heavy atom. The van der Waals surface area contributed by atoms with Gasteiger partial charge in [-0.3, -0.25) is 4.79 Å². The van der Waals surface area contributed by atoms with Gasteiger partial charge in [-0.2, -0.15) is 0 Å². The largest absolute Gasteiger partial charge is 0.326 e. The second-order valence-corrected chi connectivity index (χ2v) is 7.36. The van der Waals surface area contributed by atoms with Crippen molar-refractivity contribution < 1.29 is 13.2 Å². The van der Waals surface area contributed by atoms with E-state index < -0.39 is 10.0 Å². The molecule has 1 unspecified atom stereocenters. The van der Waals surface area contributed by atoms with Gasteiger partial charge in [-0.1, -0.05) is 12.2 Å². The first kappa shape index (κ1) is 17.1. The van der Waals surface area contributed by atoms with Gasteiger partial charge in [-0.15, -0.1) is 0 Å². The first-order valence-electron chi connectivity index (χ1n) is 7.90. The van der Waals surface area contributed by atoms with E-state index in [1.54, 1.807) is 18.2 Å². The number of carbonyl (C=O) groups excluding carboxylic acids is 1. The van der Waals surface area contributed by atoms with Crippen molar-refractivity contribution in [2.24, 2.45) is 5.92 Å². The molecule has 2 aromatic rings. The van der Waals surface area contributed by atoms with Gasteiger partial charge in [0.1, 0.15) is 0 Å². The number of benzene rings is 1. The van der Waals surface area contributed by atoms with Crippen molar-refractivity contribution in [2.75, 3.05) is 10.0 Å². The lowest BCUT2D eigenvalue weighted by molar-refractivity contribution is -0.120. The molecule has 130 valence electrons. The van der Waals surface area contributed by atoms with Gasteiger partial charge in [0.25, 0.3) is 10.0 Å². The minimum Gasteiger partial charge on any atom is -0.326 e. The molecule has 0 saturated carbocycles. The number of nitrogens with one attached hydrogen (secondary N) is 2. The summed E-state index contributed by atoms with van der Waals surface area (Å²) in [5.74, 6) is -0.0775. The van der Waals surface area contributed by atoms with Crippen molar-refractivity contribution in [3.63, 3.8) is 0 Å². The maximum Gasteiger partial charge on any atom is 0.264 e. The zero-order valence-corrected chi connectivity index (χ0v) is 14.2. The maximum atomic E-state index is 12.3. The van der Waals surface area contributed by atoms with Gasteiger partial charge in [-0.05, 0) is 49.6 Å². The third-order valence-electron chi connectivity index (χ3n) is 3.86. The average Bonchev–Trinajstić information content (AvgIpc) is 2.63. The van der Waals surface area contributed by atoms with E-state index in [0.29, 0.717) is 5.69 Å². The highest BCUT2D eigenvalue weighted by Gasteiger charge is 2.19. The SMILES string of the molecule is O=C(Nc1ccc(S(=O)(=O)Nc2ncccn2)cc1)C1CC=CCC1. The van der Waals surface area contributed by atoms with Gasteiger partial charge < -0.3 is 5.32 Å². The normalized spacial score (nSPS) is 17.0. The molecule has 0 fully saturated rings. The Bertz CT molecular complexity index is 865. The van der Waals surface area contributed by atoms with Crippen molar-refractivity contribution in [3.05, 3.63) is 54.9 Å². The molecule has 1 heterocycles. The number of amides is 1. The van der Waals surface area contributed by atoms with Crippen molar-refractivity contribution in [3.8, 4) is 0 Å². The van der Waals surface area contributed by atoms with Crippen LogP contribution in [0.15, 0.2) is 59.8 Å². The van der Waals surface area contributed by atoms with Crippen LogP contribution < -0.4 is 10.0 Å². The van der Waals surface area contributed by atoms with Crippen LogP contribution in [0.3, 0.4) is 0 Å². The van der Waals surface area contributed by atoms with Crippen LogP contribution in [-0.2, 0) is 14.8 Å². The summed E-state index contributed by atoms with van der Waals surface area (Å²) in [4.78, 5) is 19.9. The molecule has 7 nitrogen and oxygen atoms in total. The van der Waals surface area contributed by atoms with Gasteiger partial charge in [0.15, 0.2) is 0 Å². The highest BCUT2D eigenvalue weighted by molar-refractivity contribution is 7.92. The monoisotopic (exact) mass is 358 g/mol. The minimum absolute atomic E-state index is 0.00484. The van der Waals surface area contributed by atoms with Crippen LogP contribution in [-0.4, -0.2) is 24.3 Å². The minimum atomic E-state index is -3.78. The summed E-state index contributed by atoms with van der Waals surface area (Å²) in [6.07, 6.45) is 9.46. The smallest absolute Gasteiger partial charge is 0.264 e. The van der Waals surface area contributed by atoms with E-state index in [2.05, 4.69) is 26.1 Å². The number of anilines is 2. The Morgan fingerprint density at radius 1 is 1.08 bits per heavy atom. The van der Waals surface area contributed by atoms with E-state index in [1.807, 2.05) is 6.08 Å². The topological polar surface area (TPSA) is 101 Å². The Balaban J connectivity index is 1.67.